The first-order chi connectivity index (χ1) is 9.13. The normalized spacial score (nSPS) is 29.1. The van der Waals surface area contributed by atoms with Gasteiger partial charge in [0.1, 0.15) is 5.01 Å². The van der Waals surface area contributed by atoms with Crippen molar-refractivity contribution >= 4 is 11.3 Å². The molecule has 2 aliphatic heterocycles. The van der Waals surface area contributed by atoms with E-state index in [0.717, 1.165) is 18.5 Å². The van der Waals surface area contributed by atoms with E-state index < -0.39 is 0 Å². The van der Waals surface area contributed by atoms with Crippen LogP contribution in [0.1, 0.15) is 36.6 Å². The molecule has 3 nitrogen and oxygen atoms in total. The number of thiazole rings is 1. The molecule has 1 aromatic rings. The predicted molar refractivity (Wildman–Crippen MR) is 80.5 cm³/mol. The molecule has 2 unspecified atom stereocenters. The van der Waals surface area contributed by atoms with E-state index in [1.54, 1.807) is 0 Å². The van der Waals surface area contributed by atoms with Gasteiger partial charge in [0.15, 0.2) is 0 Å². The molecule has 3 rings (SSSR count). The maximum atomic E-state index is 4.55. The van der Waals surface area contributed by atoms with Crippen LogP contribution in [0.4, 0.5) is 0 Å². The van der Waals surface area contributed by atoms with Crippen molar-refractivity contribution in [1.82, 2.24) is 14.8 Å². The highest BCUT2D eigenvalue weighted by Crippen LogP contribution is 2.29. The molecule has 2 saturated heterocycles. The van der Waals surface area contributed by atoms with Gasteiger partial charge in [0, 0.05) is 36.2 Å². The fourth-order valence-electron chi connectivity index (χ4n) is 3.57. The van der Waals surface area contributed by atoms with Gasteiger partial charge in [-0.1, -0.05) is 13.8 Å². The molecule has 2 atom stereocenters. The number of rotatable bonds is 3. The largest absolute Gasteiger partial charge is 0.298 e. The number of aryl methyl sites for hydroxylation is 1. The van der Waals surface area contributed by atoms with E-state index in [1.165, 1.54) is 42.4 Å². The second kappa shape index (κ2) is 5.51. The first kappa shape index (κ1) is 13.5. The molecule has 0 saturated carbocycles. The number of aromatic nitrogens is 1. The van der Waals surface area contributed by atoms with Crippen molar-refractivity contribution in [1.29, 1.82) is 0 Å². The zero-order valence-electron chi connectivity index (χ0n) is 12.3. The third kappa shape index (κ3) is 2.86. The summed E-state index contributed by atoms with van der Waals surface area (Å²) >= 11 is 1.85. The Bertz CT molecular complexity index is 429. The van der Waals surface area contributed by atoms with Crippen LogP contribution in [0.5, 0.6) is 0 Å². The number of hydrogen-bond acceptors (Lipinski definition) is 4. The summed E-state index contributed by atoms with van der Waals surface area (Å²) < 4.78 is 0. The van der Waals surface area contributed by atoms with Gasteiger partial charge in [-0.05, 0) is 32.2 Å². The van der Waals surface area contributed by atoms with Crippen molar-refractivity contribution in [3.8, 4) is 0 Å². The van der Waals surface area contributed by atoms with Gasteiger partial charge in [-0.3, -0.25) is 9.80 Å². The highest BCUT2D eigenvalue weighted by atomic mass is 32.1. The van der Waals surface area contributed by atoms with Gasteiger partial charge in [0.05, 0.1) is 6.54 Å². The Labute approximate surface area is 120 Å². The van der Waals surface area contributed by atoms with Crippen molar-refractivity contribution in [3.63, 3.8) is 0 Å². The fourth-order valence-corrected chi connectivity index (χ4v) is 4.38. The van der Waals surface area contributed by atoms with Gasteiger partial charge >= 0.3 is 0 Å². The molecule has 0 amide bonds. The molecule has 2 aliphatic rings. The standard InChI is InChI=1S/C15H25N3S/c1-11(2)14-9-17-6-4-5-13(17)8-18(14)10-15-16-7-12(3)19-15/h7,11,13-14H,4-6,8-10H2,1-3H3. The summed E-state index contributed by atoms with van der Waals surface area (Å²) in [4.78, 5) is 11.3. The minimum atomic E-state index is 0.693. The fraction of sp³-hybridized carbons (Fsp3) is 0.800. The van der Waals surface area contributed by atoms with E-state index in [4.69, 9.17) is 0 Å². The Morgan fingerprint density at radius 2 is 2.26 bits per heavy atom. The monoisotopic (exact) mass is 279 g/mol. The summed E-state index contributed by atoms with van der Waals surface area (Å²) in [5.74, 6) is 0.725. The molecule has 0 radical (unpaired) electrons. The van der Waals surface area contributed by atoms with E-state index in [2.05, 4.69) is 35.6 Å². The molecule has 4 heteroatoms. The molecular formula is C15H25N3S. The van der Waals surface area contributed by atoms with Crippen LogP contribution in [0.3, 0.4) is 0 Å². The molecular weight excluding hydrogens is 254 g/mol. The van der Waals surface area contributed by atoms with Gasteiger partial charge in [-0.25, -0.2) is 4.98 Å². The average molecular weight is 279 g/mol. The number of piperazine rings is 1. The first-order valence-corrected chi connectivity index (χ1v) is 8.34. The minimum Gasteiger partial charge on any atom is -0.298 e. The molecule has 19 heavy (non-hydrogen) atoms. The van der Waals surface area contributed by atoms with E-state index in [1.807, 2.05) is 17.5 Å². The van der Waals surface area contributed by atoms with E-state index in [-0.39, 0.29) is 0 Å². The zero-order chi connectivity index (χ0) is 13.4. The average Bonchev–Trinajstić information content (AvgIpc) is 2.96. The van der Waals surface area contributed by atoms with Crippen LogP contribution in [0.2, 0.25) is 0 Å². The smallest absolute Gasteiger partial charge is 0.107 e. The SMILES string of the molecule is Cc1cnc(CN2CC3CCCN3CC2C(C)C)s1. The quantitative estimate of drug-likeness (QED) is 0.848. The second-order valence-corrected chi connectivity index (χ2v) is 7.72. The third-order valence-electron chi connectivity index (χ3n) is 4.61. The Morgan fingerprint density at radius 3 is 2.95 bits per heavy atom. The van der Waals surface area contributed by atoms with Crippen molar-refractivity contribution in [2.45, 2.75) is 52.2 Å². The van der Waals surface area contributed by atoms with Gasteiger partial charge in [-0.15, -0.1) is 11.3 Å². The van der Waals surface area contributed by atoms with Crippen LogP contribution in [0, 0.1) is 12.8 Å². The molecule has 2 fully saturated rings. The van der Waals surface area contributed by atoms with E-state index >= 15 is 0 Å². The van der Waals surface area contributed by atoms with Gasteiger partial charge in [0.25, 0.3) is 0 Å². The Kier molecular flexibility index (Phi) is 3.92. The van der Waals surface area contributed by atoms with Crippen molar-refractivity contribution in [2.24, 2.45) is 5.92 Å². The van der Waals surface area contributed by atoms with Gasteiger partial charge < -0.3 is 0 Å². The molecule has 0 N–H and O–H groups in total. The molecule has 0 aliphatic carbocycles. The van der Waals surface area contributed by atoms with Gasteiger partial charge in [0.2, 0.25) is 0 Å². The van der Waals surface area contributed by atoms with Crippen LogP contribution in [-0.2, 0) is 6.54 Å². The Balaban J connectivity index is 1.73. The van der Waals surface area contributed by atoms with Crippen LogP contribution >= 0.6 is 11.3 Å². The highest BCUT2D eigenvalue weighted by Gasteiger charge is 2.37. The van der Waals surface area contributed by atoms with Crippen molar-refractivity contribution < 1.29 is 0 Å². The molecule has 0 aromatic carbocycles. The lowest BCUT2D eigenvalue weighted by atomic mass is 9.97. The lowest BCUT2D eigenvalue weighted by Gasteiger charge is -2.45. The molecule has 3 heterocycles. The number of hydrogen-bond donors (Lipinski definition) is 0. The summed E-state index contributed by atoms with van der Waals surface area (Å²) in [5.41, 5.74) is 0. The Morgan fingerprint density at radius 1 is 1.42 bits per heavy atom. The number of fused-ring (bicyclic) bond motifs is 1. The molecule has 0 spiro atoms. The summed E-state index contributed by atoms with van der Waals surface area (Å²) in [6.07, 6.45) is 4.79. The third-order valence-corrected chi connectivity index (χ3v) is 5.51. The van der Waals surface area contributed by atoms with E-state index in [0.29, 0.717) is 6.04 Å². The van der Waals surface area contributed by atoms with Crippen LogP contribution < -0.4 is 0 Å². The summed E-state index contributed by atoms with van der Waals surface area (Å²) in [7, 11) is 0. The number of nitrogens with zero attached hydrogens (tertiary/aromatic N) is 3. The second-order valence-electron chi connectivity index (χ2n) is 6.40. The summed E-state index contributed by atoms with van der Waals surface area (Å²) in [6, 6.07) is 1.50. The molecule has 0 bridgehead atoms. The maximum Gasteiger partial charge on any atom is 0.107 e. The predicted octanol–water partition coefficient (Wildman–Crippen LogP) is 2.76. The molecule has 106 valence electrons. The van der Waals surface area contributed by atoms with Crippen molar-refractivity contribution in [3.05, 3.63) is 16.1 Å². The van der Waals surface area contributed by atoms with Crippen LogP contribution in [-0.4, -0.2) is 46.5 Å². The Hall–Kier alpha value is -0.450. The van der Waals surface area contributed by atoms with Crippen LogP contribution in [0.15, 0.2) is 6.20 Å². The summed E-state index contributed by atoms with van der Waals surface area (Å²) in [5, 5.41) is 1.29. The summed E-state index contributed by atoms with van der Waals surface area (Å²) in [6.45, 7) is 11.7. The van der Waals surface area contributed by atoms with Crippen molar-refractivity contribution in [2.75, 3.05) is 19.6 Å². The first-order valence-electron chi connectivity index (χ1n) is 7.53. The topological polar surface area (TPSA) is 19.4 Å². The highest BCUT2D eigenvalue weighted by molar-refractivity contribution is 7.11. The van der Waals surface area contributed by atoms with E-state index in [9.17, 15) is 0 Å². The maximum absolute atomic E-state index is 4.55. The zero-order valence-corrected chi connectivity index (χ0v) is 13.1. The minimum absolute atomic E-state index is 0.693. The lowest BCUT2D eigenvalue weighted by molar-refractivity contribution is 0.0239. The van der Waals surface area contributed by atoms with Crippen LogP contribution in [0.25, 0.3) is 0 Å². The van der Waals surface area contributed by atoms with Gasteiger partial charge in [-0.2, -0.15) is 0 Å². The molecule has 1 aromatic heterocycles. The lowest BCUT2D eigenvalue weighted by Crippen LogP contribution is -2.57.